The Balaban J connectivity index is 1.63. The second kappa shape index (κ2) is 8.59. The zero-order valence-corrected chi connectivity index (χ0v) is 17.1. The molecule has 0 fully saturated rings. The van der Waals surface area contributed by atoms with Crippen molar-refractivity contribution in [2.75, 3.05) is 12.3 Å². The lowest BCUT2D eigenvalue weighted by atomic mass is 10.2. The van der Waals surface area contributed by atoms with Crippen molar-refractivity contribution in [1.29, 1.82) is 0 Å². The third-order valence-electron chi connectivity index (χ3n) is 3.95. The van der Waals surface area contributed by atoms with Gasteiger partial charge in [0.15, 0.2) is 5.82 Å². The minimum Gasteiger partial charge on any atom is -0.350 e. The number of aromatic nitrogens is 3. The maximum absolute atomic E-state index is 12.5. The van der Waals surface area contributed by atoms with Crippen LogP contribution in [0.1, 0.15) is 27.4 Å². The van der Waals surface area contributed by atoms with E-state index in [1.807, 2.05) is 19.9 Å². The van der Waals surface area contributed by atoms with E-state index in [0.29, 0.717) is 17.4 Å². The standard InChI is InChI=1S/C20H21ClN4OS/c1-13-4-6-16(7-5-13)27-11-10-22-20(26)19-17(21)8-9-18(23-19)25-15(3)12-14(2)24-25/h4-9,12H,10-11H2,1-3H3,(H,22,26). The van der Waals surface area contributed by atoms with Crippen LogP contribution >= 0.6 is 23.4 Å². The largest absolute Gasteiger partial charge is 0.350 e. The summed E-state index contributed by atoms with van der Waals surface area (Å²) in [5.74, 6) is 1.06. The molecule has 0 saturated heterocycles. The summed E-state index contributed by atoms with van der Waals surface area (Å²) >= 11 is 7.88. The number of benzene rings is 1. The van der Waals surface area contributed by atoms with Crippen LogP contribution in [0.15, 0.2) is 47.4 Å². The number of amides is 1. The number of halogens is 1. The summed E-state index contributed by atoms with van der Waals surface area (Å²) in [5, 5.41) is 7.61. The number of pyridine rings is 1. The van der Waals surface area contributed by atoms with E-state index in [1.54, 1.807) is 28.6 Å². The molecule has 7 heteroatoms. The van der Waals surface area contributed by atoms with Crippen molar-refractivity contribution >= 4 is 29.3 Å². The molecule has 0 spiro atoms. The Hall–Kier alpha value is -2.31. The SMILES string of the molecule is Cc1ccc(SCCNC(=O)c2nc(-n3nc(C)cc3C)ccc2Cl)cc1. The van der Waals surface area contributed by atoms with Crippen LogP contribution in [0, 0.1) is 20.8 Å². The van der Waals surface area contributed by atoms with Crippen LogP contribution in [0.25, 0.3) is 5.82 Å². The van der Waals surface area contributed by atoms with Crippen molar-refractivity contribution < 1.29 is 4.79 Å². The van der Waals surface area contributed by atoms with E-state index in [1.165, 1.54) is 10.5 Å². The van der Waals surface area contributed by atoms with Crippen molar-refractivity contribution in [3.05, 3.63) is 70.1 Å². The molecule has 1 aromatic carbocycles. The number of rotatable bonds is 6. The minimum absolute atomic E-state index is 0.210. The molecule has 3 rings (SSSR count). The van der Waals surface area contributed by atoms with Gasteiger partial charge in [0, 0.05) is 22.9 Å². The van der Waals surface area contributed by atoms with Gasteiger partial charge >= 0.3 is 0 Å². The monoisotopic (exact) mass is 400 g/mol. The van der Waals surface area contributed by atoms with Crippen LogP contribution in [-0.2, 0) is 0 Å². The summed E-state index contributed by atoms with van der Waals surface area (Å²) in [7, 11) is 0. The first-order valence-corrected chi connectivity index (χ1v) is 9.98. The maximum atomic E-state index is 12.5. The van der Waals surface area contributed by atoms with Crippen LogP contribution < -0.4 is 5.32 Å². The van der Waals surface area contributed by atoms with Gasteiger partial charge in [-0.15, -0.1) is 11.8 Å². The number of carbonyl (C=O) groups is 1. The van der Waals surface area contributed by atoms with Crippen molar-refractivity contribution in [1.82, 2.24) is 20.1 Å². The van der Waals surface area contributed by atoms with Crippen LogP contribution in [0.5, 0.6) is 0 Å². The van der Waals surface area contributed by atoms with Gasteiger partial charge in [0.1, 0.15) is 5.69 Å². The van der Waals surface area contributed by atoms with Crippen molar-refractivity contribution in [2.24, 2.45) is 0 Å². The van der Waals surface area contributed by atoms with Crippen molar-refractivity contribution in [3.63, 3.8) is 0 Å². The van der Waals surface area contributed by atoms with E-state index in [2.05, 4.69) is 46.6 Å². The van der Waals surface area contributed by atoms with E-state index < -0.39 is 0 Å². The molecule has 2 aromatic heterocycles. The van der Waals surface area contributed by atoms with Gasteiger partial charge in [-0.3, -0.25) is 4.79 Å². The summed E-state index contributed by atoms with van der Waals surface area (Å²) in [4.78, 5) is 18.1. The predicted molar refractivity (Wildman–Crippen MR) is 110 cm³/mol. The van der Waals surface area contributed by atoms with Gasteiger partial charge in [-0.05, 0) is 51.1 Å². The van der Waals surface area contributed by atoms with Gasteiger partial charge < -0.3 is 5.32 Å². The number of thioether (sulfide) groups is 1. The predicted octanol–water partition coefficient (Wildman–Crippen LogP) is 4.37. The Morgan fingerprint density at radius 3 is 2.56 bits per heavy atom. The highest BCUT2D eigenvalue weighted by molar-refractivity contribution is 7.99. The van der Waals surface area contributed by atoms with Crippen molar-refractivity contribution in [2.45, 2.75) is 25.7 Å². The number of hydrogen-bond acceptors (Lipinski definition) is 4. The normalized spacial score (nSPS) is 10.8. The molecule has 140 valence electrons. The highest BCUT2D eigenvalue weighted by Crippen LogP contribution is 2.19. The van der Waals surface area contributed by atoms with E-state index in [9.17, 15) is 4.79 Å². The van der Waals surface area contributed by atoms with E-state index in [0.717, 1.165) is 17.1 Å². The fourth-order valence-electron chi connectivity index (χ4n) is 2.62. The summed E-state index contributed by atoms with van der Waals surface area (Å²) in [6.07, 6.45) is 0. The van der Waals surface area contributed by atoms with Crippen LogP contribution in [0.4, 0.5) is 0 Å². The number of nitrogens with one attached hydrogen (secondary N) is 1. The fourth-order valence-corrected chi connectivity index (χ4v) is 3.58. The van der Waals surface area contributed by atoms with Gasteiger partial charge in [0.25, 0.3) is 5.91 Å². The van der Waals surface area contributed by atoms with Gasteiger partial charge in [-0.2, -0.15) is 5.10 Å². The maximum Gasteiger partial charge on any atom is 0.271 e. The lowest BCUT2D eigenvalue weighted by Gasteiger charge is -2.09. The molecular weight excluding hydrogens is 380 g/mol. The molecule has 0 bridgehead atoms. The number of nitrogens with zero attached hydrogens (tertiary/aromatic N) is 3. The lowest BCUT2D eigenvalue weighted by Crippen LogP contribution is -2.27. The molecule has 27 heavy (non-hydrogen) atoms. The molecule has 2 heterocycles. The Kier molecular flexibility index (Phi) is 6.19. The molecule has 0 atom stereocenters. The number of hydrogen-bond donors (Lipinski definition) is 1. The highest BCUT2D eigenvalue weighted by atomic mass is 35.5. The third-order valence-corrected chi connectivity index (χ3v) is 5.27. The summed E-state index contributed by atoms with van der Waals surface area (Å²) in [6.45, 7) is 6.45. The zero-order chi connectivity index (χ0) is 19.4. The molecular formula is C20H21ClN4OS. The Labute approximate surface area is 168 Å². The summed E-state index contributed by atoms with van der Waals surface area (Å²) in [6, 6.07) is 13.7. The fraction of sp³-hybridized carbons (Fsp3) is 0.250. The molecule has 3 aromatic rings. The molecule has 0 aliphatic carbocycles. The first-order valence-electron chi connectivity index (χ1n) is 8.62. The molecule has 5 nitrogen and oxygen atoms in total. The third kappa shape index (κ3) is 4.90. The molecule has 0 unspecified atom stereocenters. The smallest absolute Gasteiger partial charge is 0.271 e. The molecule has 0 radical (unpaired) electrons. The summed E-state index contributed by atoms with van der Waals surface area (Å²) in [5.41, 5.74) is 3.28. The first-order chi connectivity index (χ1) is 12.9. The Morgan fingerprint density at radius 2 is 1.89 bits per heavy atom. The van der Waals surface area contributed by atoms with Crippen LogP contribution in [0.2, 0.25) is 5.02 Å². The van der Waals surface area contributed by atoms with Crippen molar-refractivity contribution in [3.8, 4) is 5.82 Å². The zero-order valence-electron chi connectivity index (χ0n) is 15.5. The summed E-state index contributed by atoms with van der Waals surface area (Å²) < 4.78 is 1.70. The molecule has 0 aliphatic heterocycles. The average Bonchev–Trinajstić information content (AvgIpc) is 2.98. The molecule has 0 saturated carbocycles. The van der Waals surface area contributed by atoms with E-state index in [-0.39, 0.29) is 11.6 Å². The van der Waals surface area contributed by atoms with Gasteiger partial charge in [-0.1, -0.05) is 29.3 Å². The van der Waals surface area contributed by atoms with Gasteiger partial charge in [0.05, 0.1) is 10.7 Å². The molecule has 1 amide bonds. The number of carbonyl (C=O) groups excluding carboxylic acids is 1. The van der Waals surface area contributed by atoms with E-state index in [4.69, 9.17) is 11.6 Å². The van der Waals surface area contributed by atoms with Crippen LogP contribution in [0.3, 0.4) is 0 Å². The lowest BCUT2D eigenvalue weighted by molar-refractivity contribution is 0.0951. The minimum atomic E-state index is -0.284. The van der Waals surface area contributed by atoms with Gasteiger partial charge in [-0.25, -0.2) is 9.67 Å². The Bertz CT molecular complexity index is 953. The molecule has 0 aliphatic rings. The highest BCUT2D eigenvalue weighted by Gasteiger charge is 2.15. The second-order valence-electron chi connectivity index (χ2n) is 6.26. The topological polar surface area (TPSA) is 59.8 Å². The Morgan fingerprint density at radius 1 is 1.15 bits per heavy atom. The average molecular weight is 401 g/mol. The van der Waals surface area contributed by atoms with Gasteiger partial charge in [0.2, 0.25) is 0 Å². The number of aryl methyl sites for hydroxylation is 3. The molecule has 1 N–H and O–H groups in total. The first kappa shape index (κ1) is 19.5. The second-order valence-corrected chi connectivity index (χ2v) is 7.83. The quantitative estimate of drug-likeness (QED) is 0.493. The van der Waals surface area contributed by atoms with Crippen LogP contribution in [-0.4, -0.2) is 33.0 Å². The van der Waals surface area contributed by atoms with E-state index >= 15 is 0 Å².